The standard InChI is InChI=1S/C13H13ClN2O2/c1-8-7-15-11(13(18)16-8)6-12(17)9-2-4-10(14)5-3-9/h2-5,8H,6-7H2,1H3,(H,16,18)/t8-/m1/s1. The Balaban J connectivity index is 2.08. The van der Waals surface area contributed by atoms with E-state index in [2.05, 4.69) is 10.3 Å². The summed E-state index contributed by atoms with van der Waals surface area (Å²) in [4.78, 5) is 27.7. The predicted molar refractivity (Wildman–Crippen MR) is 70.3 cm³/mol. The summed E-state index contributed by atoms with van der Waals surface area (Å²) in [5.74, 6) is -0.383. The molecule has 0 radical (unpaired) electrons. The molecule has 0 saturated carbocycles. The third-order valence-corrected chi connectivity index (χ3v) is 2.94. The molecule has 2 rings (SSSR count). The van der Waals surface area contributed by atoms with E-state index in [4.69, 9.17) is 11.6 Å². The van der Waals surface area contributed by atoms with Crippen LogP contribution in [-0.4, -0.2) is 30.0 Å². The fourth-order valence-electron chi connectivity index (χ4n) is 1.70. The first-order chi connectivity index (χ1) is 8.56. The van der Waals surface area contributed by atoms with Gasteiger partial charge in [0.2, 0.25) is 0 Å². The highest BCUT2D eigenvalue weighted by Crippen LogP contribution is 2.12. The van der Waals surface area contributed by atoms with Crippen LogP contribution >= 0.6 is 11.6 Å². The van der Waals surface area contributed by atoms with Crippen molar-refractivity contribution in [3.63, 3.8) is 0 Å². The van der Waals surface area contributed by atoms with Gasteiger partial charge in [-0.05, 0) is 31.2 Å². The van der Waals surface area contributed by atoms with Crippen LogP contribution in [0, 0.1) is 0 Å². The van der Waals surface area contributed by atoms with Gasteiger partial charge in [-0.1, -0.05) is 11.6 Å². The molecule has 18 heavy (non-hydrogen) atoms. The molecule has 0 aliphatic carbocycles. The number of halogens is 1. The monoisotopic (exact) mass is 264 g/mol. The number of aliphatic imine (C=N–C) groups is 1. The van der Waals surface area contributed by atoms with Crippen molar-refractivity contribution >= 4 is 29.0 Å². The Morgan fingerprint density at radius 1 is 1.44 bits per heavy atom. The van der Waals surface area contributed by atoms with E-state index in [1.165, 1.54) is 0 Å². The van der Waals surface area contributed by atoms with E-state index in [0.29, 0.717) is 22.8 Å². The fraction of sp³-hybridized carbons (Fsp3) is 0.308. The van der Waals surface area contributed by atoms with E-state index in [9.17, 15) is 9.59 Å². The molecule has 0 fully saturated rings. The summed E-state index contributed by atoms with van der Waals surface area (Å²) in [7, 11) is 0. The number of nitrogens with one attached hydrogen (secondary N) is 1. The molecule has 0 aromatic heterocycles. The number of ketones is 1. The SMILES string of the molecule is C[C@@H]1CN=C(CC(=O)c2ccc(Cl)cc2)C(=O)N1. The Bertz CT molecular complexity index is 508. The zero-order valence-corrected chi connectivity index (χ0v) is 10.7. The fourth-order valence-corrected chi connectivity index (χ4v) is 1.82. The maximum absolute atomic E-state index is 11.9. The second-order valence-corrected chi connectivity index (χ2v) is 4.71. The first-order valence-electron chi connectivity index (χ1n) is 5.69. The number of carbonyl (C=O) groups excluding carboxylic acids is 2. The van der Waals surface area contributed by atoms with Gasteiger partial charge in [-0.3, -0.25) is 14.6 Å². The van der Waals surface area contributed by atoms with Crippen molar-refractivity contribution in [2.24, 2.45) is 4.99 Å². The lowest BCUT2D eigenvalue weighted by molar-refractivity contribution is -0.115. The number of carbonyl (C=O) groups is 2. The van der Waals surface area contributed by atoms with Crippen molar-refractivity contribution < 1.29 is 9.59 Å². The number of hydrogen-bond donors (Lipinski definition) is 1. The normalized spacial score (nSPS) is 19.1. The van der Waals surface area contributed by atoms with E-state index in [0.717, 1.165) is 0 Å². The van der Waals surface area contributed by atoms with Gasteiger partial charge >= 0.3 is 0 Å². The Morgan fingerprint density at radius 3 is 2.72 bits per heavy atom. The maximum Gasteiger partial charge on any atom is 0.265 e. The minimum absolute atomic E-state index is 0.0280. The number of Topliss-reactive ketones (excluding diaryl/α,β-unsaturated/α-hetero) is 1. The van der Waals surface area contributed by atoms with Crippen LogP contribution in [0.15, 0.2) is 29.3 Å². The van der Waals surface area contributed by atoms with Crippen LogP contribution in [0.2, 0.25) is 5.02 Å². The van der Waals surface area contributed by atoms with E-state index in [1.54, 1.807) is 24.3 Å². The first-order valence-corrected chi connectivity index (χ1v) is 6.07. The summed E-state index contributed by atoms with van der Waals surface area (Å²) < 4.78 is 0. The number of benzene rings is 1. The predicted octanol–water partition coefficient (Wildman–Crippen LogP) is 1.87. The van der Waals surface area contributed by atoms with Crippen molar-refractivity contribution in [1.29, 1.82) is 0 Å². The summed E-state index contributed by atoms with van der Waals surface area (Å²) in [6.45, 7) is 2.40. The molecular weight excluding hydrogens is 252 g/mol. The quantitative estimate of drug-likeness (QED) is 0.848. The third kappa shape index (κ3) is 2.96. The van der Waals surface area contributed by atoms with Gasteiger partial charge in [0.25, 0.3) is 5.91 Å². The molecule has 0 bridgehead atoms. The maximum atomic E-state index is 11.9. The number of hydrogen-bond acceptors (Lipinski definition) is 3. The molecule has 1 aliphatic rings. The zero-order valence-electron chi connectivity index (χ0n) is 9.94. The van der Waals surface area contributed by atoms with Crippen molar-refractivity contribution in [2.45, 2.75) is 19.4 Å². The number of nitrogens with zero attached hydrogens (tertiary/aromatic N) is 1. The van der Waals surface area contributed by atoms with E-state index >= 15 is 0 Å². The Kier molecular flexibility index (Phi) is 3.77. The van der Waals surface area contributed by atoms with Crippen LogP contribution < -0.4 is 5.32 Å². The highest BCUT2D eigenvalue weighted by atomic mass is 35.5. The van der Waals surface area contributed by atoms with Gasteiger partial charge in [0.05, 0.1) is 13.0 Å². The average Bonchev–Trinajstić information content (AvgIpc) is 2.33. The van der Waals surface area contributed by atoms with Gasteiger partial charge in [-0.2, -0.15) is 0 Å². The van der Waals surface area contributed by atoms with Gasteiger partial charge in [0.1, 0.15) is 5.71 Å². The van der Waals surface area contributed by atoms with Gasteiger partial charge in [0, 0.05) is 16.6 Å². The lowest BCUT2D eigenvalue weighted by atomic mass is 10.0. The topological polar surface area (TPSA) is 58.5 Å². The molecule has 1 heterocycles. The number of amides is 1. The molecule has 5 heteroatoms. The van der Waals surface area contributed by atoms with E-state index < -0.39 is 0 Å². The smallest absolute Gasteiger partial charge is 0.265 e. The van der Waals surface area contributed by atoms with Crippen LogP contribution in [-0.2, 0) is 4.79 Å². The molecular formula is C13H13ClN2O2. The number of rotatable bonds is 3. The zero-order chi connectivity index (χ0) is 13.1. The lowest BCUT2D eigenvalue weighted by Crippen LogP contribution is -2.44. The van der Waals surface area contributed by atoms with Crippen LogP contribution in [0.4, 0.5) is 0 Å². The van der Waals surface area contributed by atoms with Gasteiger partial charge in [0.15, 0.2) is 5.78 Å². The van der Waals surface area contributed by atoms with Gasteiger partial charge in [-0.15, -0.1) is 0 Å². The molecule has 1 aromatic carbocycles. The summed E-state index contributed by atoms with van der Waals surface area (Å²) >= 11 is 5.75. The molecule has 0 unspecified atom stereocenters. The van der Waals surface area contributed by atoms with Crippen LogP contribution in [0.25, 0.3) is 0 Å². The average molecular weight is 265 g/mol. The minimum atomic E-state index is -0.254. The summed E-state index contributed by atoms with van der Waals surface area (Å²) in [5, 5.41) is 3.33. The lowest BCUT2D eigenvalue weighted by Gasteiger charge is -2.18. The highest BCUT2D eigenvalue weighted by molar-refractivity contribution is 6.43. The minimum Gasteiger partial charge on any atom is -0.347 e. The molecule has 0 spiro atoms. The second-order valence-electron chi connectivity index (χ2n) is 4.27. The largest absolute Gasteiger partial charge is 0.347 e. The van der Waals surface area contributed by atoms with E-state index in [-0.39, 0.29) is 24.2 Å². The summed E-state index contributed by atoms with van der Waals surface area (Å²) in [6, 6.07) is 6.63. The molecule has 0 saturated heterocycles. The molecule has 1 amide bonds. The second kappa shape index (κ2) is 5.31. The molecule has 94 valence electrons. The molecule has 1 atom stereocenters. The Labute approximate surface area is 110 Å². The van der Waals surface area contributed by atoms with Gasteiger partial charge in [-0.25, -0.2) is 0 Å². The van der Waals surface area contributed by atoms with Crippen LogP contribution in [0.1, 0.15) is 23.7 Å². The van der Waals surface area contributed by atoms with Crippen molar-refractivity contribution in [3.8, 4) is 0 Å². The molecule has 1 N–H and O–H groups in total. The molecule has 4 nitrogen and oxygen atoms in total. The van der Waals surface area contributed by atoms with Gasteiger partial charge < -0.3 is 5.32 Å². The van der Waals surface area contributed by atoms with Crippen molar-refractivity contribution in [2.75, 3.05) is 6.54 Å². The molecule has 1 aromatic rings. The third-order valence-electron chi connectivity index (χ3n) is 2.69. The molecule has 1 aliphatic heterocycles. The Hall–Kier alpha value is -1.68. The van der Waals surface area contributed by atoms with Crippen LogP contribution in [0.5, 0.6) is 0 Å². The van der Waals surface area contributed by atoms with E-state index in [1.807, 2.05) is 6.92 Å². The summed E-state index contributed by atoms with van der Waals surface area (Å²) in [6.07, 6.45) is 0.0280. The van der Waals surface area contributed by atoms with Crippen molar-refractivity contribution in [3.05, 3.63) is 34.9 Å². The van der Waals surface area contributed by atoms with Crippen LogP contribution in [0.3, 0.4) is 0 Å². The first kappa shape index (κ1) is 12.8. The van der Waals surface area contributed by atoms with Crippen molar-refractivity contribution in [1.82, 2.24) is 5.32 Å². The highest BCUT2D eigenvalue weighted by Gasteiger charge is 2.21. The summed E-state index contributed by atoms with van der Waals surface area (Å²) in [5.41, 5.74) is 0.835. The Morgan fingerprint density at radius 2 is 2.11 bits per heavy atom.